The summed E-state index contributed by atoms with van der Waals surface area (Å²) in [6, 6.07) is 17.9. The minimum atomic E-state index is -0.877. The Morgan fingerprint density at radius 1 is 0.912 bits per heavy atom. The molecule has 3 aromatic rings. The van der Waals surface area contributed by atoms with Gasteiger partial charge in [0.1, 0.15) is 11.5 Å². The van der Waals surface area contributed by atoms with Gasteiger partial charge in [-0.05, 0) is 86.2 Å². The van der Waals surface area contributed by atoms with Crippen molar-refractivity contribution in [3.63, 3.8) is 0 Å². The Morgan fingerprint density at radius 3 is 2.26 bits per heavy atom. The number of phenols is 2. The summed E-state index contributed by atoms with van der Waals surface area (Å²) in [5.74, 6) is -0.242. The number of nitrogens with one attached hydrogen (secondary N) is 2. The van der Waals surface area contributed by atoms with Gasteiger partial charge in [0.25, 0.3) is 0 Å². The molecule has 0 aliphatic heterocycles. The molecule has 0 spiro atoms. The lowest BCUT2D eigenvalue weighted by molar-refractivity contribution is -0.115. The number of hydrogen-bond donors (Lipinski definition) is 5. The number of aliphatic hydroxyl groups is 1. The van der Waals surface area contributed by atoms with Crippen molar-refractivity contribution in [1.82, 2.24) is 5.32 Å². The third kappa shape index (κ3) is 7.33. The number of carbonyl (C=O) groups is 1. The van der Waals surface area contributed by atoms with Crippen LogP contribution >= 0.6 is 0 Å². The predicted octanol–water partition coefficient (Wildman–Crippen LogP) is 4.54. The number of aryl methyl sites for hydroxylation is 2. The summed E-state index contributed by atoms with van der Waals surface area (Å²) >= 11 is 0. The van der Waals surface area contributed by atoms with E-state index in [4.69, 9.17) is 0 Å². The monoisotopic (exact) mass is 462 g/mol. The zero-order chi connectivity index (χ0) is 24.9. The molecule has 34 heavy (non-hydrogen) atoms. The number of carbonyl (C=O) groups excluding carboxylic acids is 1. The number of amides is 1. The highest BCUT2D eigenvalue weighted by atomic mass is 16.3. The Hall–Kier alpha value is -3.35. The van der Waals surface area contributed by atoms with Crippen molar-refractivity contribution >= 4 is 11.6 Å². The maximum Gasteiger partial charge on any atom is 0.228 e. The number of phenolic OH excluding ortho intramolecular Hbond substituents is 2. The molecule has 0 aromatic heterocycles. The molecule has 3 aromatic carbocycles. The van der Waals surface area contributed by atoms with Crippen molar-refractivity contribution < 1.29 is 20.1 Å². The van der Waals surface area contributed by atoms with Crippen LogP contribution in [0.4, 0.5) is 5.69 Å². The molecular formula is C28H34N2O4. The Bertz CT molecular complexity index is 1140. The minimum Gasteiger partial charge on any atom is -0.508 e. The number of anilines is 1. The maximum atomic E-state index is 12.5. The molecule has 0 heterocycles. The van der Waals surface area contributed by atoms with Gasteiger partial charge in [-0.2, -0.15) is 0 Å². The average molecular weight is 463 g/mol. The fraction of sp³-hybridized carbons (Fsp3) is 0.321. The van der Waals surface area contributed by atoms with E-state index < -0.39 is 6.10 Å². The molecule has 0 aliphatic rings. The van der Waals surface area contributed by atoms with Crippen LogP contribution in [0.5, 0.6) is 11.5 Å². The molecular weight excluding hydrogens is 428 g/mol. The molecule has 6 heteroatoms. The standard InChI is InChI=1S/C28H34N2O4/c1-18-8-9-23(10-19(18)2)30-27(34)12-20-6-5-7-21(11-20)16-28(3,4)29-17-26(33)22-13-24(31)15-25(32)14-22/h5-11,13-15,26,29,31-33H,12,16-17H2,1-4H3,(H,30,34). The molecule has 0 saturated carbocycles. The van der Waals surface area contributed by atoms with E-state index in [-0.39, 0.29) is 35.9 Å². The SMILES string of the molecule is Cc1ccc(NC(=O)Cc2cccc(CC(C)(C)NCC(O)c3cc(O)cc(O)c3)c2)cc1C. The van der Waals surface area contributed by atoms with Gasteiger partial charge in [-0.15, -0.1) is 0 Å². The van der Waals surface area contributed by atoms with Crippen molar-refractivity contribution in [3.8, 4) is 11.5 Å². The van der Waals surface area contributed by atoms with E-state index in [1.807, 2.05) is 70.2 Å². The average Bonchev–Trinajstić information content (AvgIpc) is 2.74. The van der Waals surface area contributed by atoms with Gasteiger partial charge in [0.15, 0.2) is 0 Å². The number of β-amino-alcohol motifs (C(OH)–C–C–N with tert-alkyl or cyclic N) is 1. The van der Waals surface area contributed by atoms with Crippen LogP contribution in [0.3, 0.4) is 0 Å². The highest BCUT2D eigenvalue weighted by Gasteiger charge is 2.20. The van der Waals surface area contributed by atoms with Gasteiger partial charge in [-0.25, -0.2) is 0 Å². The molecule has 5 N–H and O–H groups in total. The second-order valence-corrected chi connectivity index (χ2v) is 9.58. The fourth-order valence-electron chi connectivity index (χ4n) is 3.93. The Labute approximate surface area is 201 Å². The molecule has 0 aliphatic carbocycles. The summed E-state index contributed by atoms with van der Waals surface area (Å²) in [7, 11) is 0. The molecule has 0 bridgehead atoms. The Balaban J connectivity index is 1.57. The first-order valence-corrected chi connectivity index (χ1v) is 11.4. The van der Waals surface area contributed by atoms with Crippen molar-refractivity contribution in [3.05, 3.63) is 88.5 Å². The quantitative estimate of drug-likeness (QED) is 0.321. The van der Waals surface area contributed by atoms with Gasteiger partial charge >= 0.3 is 0 Å². The third-order valence-electron chi connectivity index (χ3n) is 5.88. The van der Waals surface area contributed by atoms with Crippen molar-refractivity contribution in [1.29, 1.82) is 0 Å². The van der Waals surface area contributed by atoms with Crippen LogP contribution in [-0.4, -0.2) is 33.3 Å². The minimum absolute atomic E-state index is 0.0599. The Kier molecular flexibility index (Phi) is 7.97. The molecule has 1 atom stereocenters. The predicted molar refractivity (Wildman–Crippen MR) is 135 cm³/mol. The number of benzene rings is 3. The van der Waals surface area contributed by atoms with E-state index in [2.05, 4.69) is 10.6 Å². The van der Waals surface area contributed by atoms with Crippen LogP contribution < -0.4 is 10.6 Å². The molecule has 3 rings (SSSR count). The molecule has 0 radical (unpaired) electrons. The summed E-state index contributed by atoms with van der Waals surface area (Å²) < 4.78 is 0. The zero-order valence-corrected chi connectivity index (χ0v) is 20.2. The van der Waals surface area contributed by atoms with E-state index in [9.17, 15) is 20.1 Å². The second-order valence-electron chi connectivity index (χ2n) is 9.58. The number of rotatable bonds is 9. The highest BCUT2D eigenvalue weighted by Crippen LogP contribution is 2.25. The summed E-state index contributed by atoms with van der Waals surface area (Å²) in [6.45, 7) is 8.41. The number of aliphatic hydroxyl groups excluding tert-OH is 1. The van der Waals surface area contributed by atoms with Crippen LogP contribution in [0.15, 0.2) is 60.7 Å². The van der Waals surface area contributed by atoms with Crippen LogP contribution in [0.1, 0.15) is 47.8 Å². The molecule has 180 valence electrons. The number of hydrogen-bond acceptors (Lipinski definition) is 5. The summed E-state index contributed by atoms with van der Waals surface area (Å²) in [4.78, 5) is 12.5. The molecule has 0 fully saturated rings. The maximum absolute atomic E-state index is 12.5. The second kappa shape index (κ2) is 10.7. The normalized spacial score (nSPS) is 12.4. The third-order valence-corrected chi connectivity index (χ3v) is 5.88. The smallest absolute Gasteiger partial charge is 0.228 e. The number of aromatic hydroxyl groups is 2. The molecule has 6 nitrogen and oxygen atoms in total. The zero-order valence-electron chi connectivity index (χ0n) is 20.2. The van der Waals surface area contributed by atoms with E-state index in [1.165, 1.54) is 23.8 Å². The van der Waals surface area contributed by atoms with E-state index >= 15 is 0 Å². The summed E-state index contributed by atoms with van der Waals surface area (Å²) in [6.07, 6.45) is 0.101. The van der Waals surface area contributed by atoms with Crippen LogP contribution in [0, 0.1) is 13.8 Å². The largest absolute Gasteiger partial charge is 0.508 e. The summed E-state index contributed by atoms with van der Waals surface area (Å²) in [5.41, 5.74) is 5.25. The van der Waals surface area contributed by atoms with Gasteiger partial charge in [-0.1, -0.05) is 30.3 Å². The fourth-order valence-corrected chi connectivity index (χ4v) is 3.93. The topological polar surface area (TPSA) is 102 Å². The van der Waals surface area contributed by atoms with Crippen molar-refractivity contribution in [2.75, 3.05) is 11.9 Å². The van der Waals surface area contributed by atoms with E-state index in [0.717, 1.165) is 22.4 Å². The van der Waals surface area contributed by atoms with Crippen molar-refractivity contribution in [2.45, 2.75) is 52.2 Å². The van der Waals surface area contributed by atoms with Crippen LogP contribution in [-0.2, 0) is 17.6 Å². The van der Waals surface area contributed by atoms with Gasteiger partial charge in [0, 0.05) is 23.8 Å². The lowest BCUT2D eigenvalue weighted by Gasteiger charge is -2.28. The Morgan fingerprint density at radius 2 is 1.59 bits per heavy atom. The van der Waals surface area contributed by atoms with Crippen LogP contribution in [0.2, 0.25) is 0 Å². The first kappa shape index (κ1) is 25.3. The highest BCUT2D eigenvalue weighted by molar-refractivity contribution is 5.92. The molecule has 1 amide bonds. The van der Waals surface area contributed by atoms with Gasteiger partial charge in [0.2, 0.25) is 5.91 Å². The molecule has 0 saturated heterocycles. The lowest BCUT2D eigenvalue weighted by atomic mass is 9.93. The van der Waals surface area contributed by atoms with Crippen molar-refractivity contribution in [2.24, 2.45) is 0 Å². The first-order chi connectivity index (χ1) is 16.0. The summed E-state index contributed by atoms with van der Waals surface area (Å²) in [5, 5.41) is 36.1. The first-order valence-electron chi connectivity index (χ1n) is 11.4. The van der Waals surface area contributed by atoms with Crippen LogP contribution in [0.25, 0.3) is 0 Å². The van der Waals surface area contributed by atoms with Gasteiger partial charge in [-0.3, -0.25) is 4.79 Å². The van der Waals surface area contributed by atoms with E-state index in [0.29, 0.717) is 12.0 Å². The van der Waals surface area contributed by atoms with Gasteiger partial charge < -0.3 is 26.0 Å². The van der Waals surface area contributed by atoms with Gasteiger partial charge in [0.05, 0.1) is 12.5 Å². The lowest BCUT2D eigenvalue weighted by Crippen LogP contribution is -2.43. The molecule has 1 unspecified atom stereocenters. The van der Waals surface area contributed by atoms with E-state index in [1.54, 1.807) is 0 Å².